The molecule has 1 aromatic heterocycles. The Kier molecular flexibility index (Phi) is 4.49. The van der Waals surface area contributed by atoms with Crippen molar-refractivity contribution >= 4 is 17.3 Å². The summed E-state index contributed by atoms with van der Waals surface area (Å²) >= 11 is 0. The van der Waals surface area contributed by atoms with Gasteiger partial charge in [0.1, 0.15) is 6.33 Å². The molecule has 0 saturated heterocycles. The first-order chi connectivity index (χ1) is 9.70. The summed E-state index contributed by atoms with van der Waals surface area (Å²) in [6.07, 6.45) is 3.17. The average molecular weight is 272 g/mol. The second-order valence-corrected chi connectivity index (χ2v) is 4.08. The molecule has 0 aliphatic carbocycles. The van der Waals surface area contributed by atoms with Crippen molar-refractivity contribution in [3.05, 3.63) is 48.0 Å². The van der Waals surface area contributed by atoms with Crippen LogP contribution in [-0.2, 0) is 11.3 Å². The molecule has 1 aromatic carbocycles. The number of hydrogen-bond acceptors (Lipinski definition) is 6. The van der Waals surface area contributed by atoms with Gasteiger partial charge in [-0.05, 0) is 31.2 Å². The Morgan fingerprint density at radius 2 is 2.25 bits per heavy atom. The first kappa shape index (κ1) is 13.8. The highest BCUT2D eigenvalue weighted by atomic mass is 16.5. The molecule has 2 rings (SSSR count). The standard InChI is InChI=1S/C14H16N4O2/c1-2-20-14(19)12-7-10(3-4-13(12)15)17-8-11-5-6-16-9-18-11/h3-7,9,17H,2,8,15H2,1H3. The van der Waals surface area contributed by atoms with Gasteiger partial charge in [-0.3, -0.25) is 0 Å². The molecule has 0 aliphatic rings. The van der Waals surface area contributed by atoms with Crippen LogP contribution in [0.25, 0.3) is 0 Å². The maximum absolute atomic E-state index is 11.7. The van der Waals surface area contributed by atoms with Gasteiger partial charge in [0.15, 0.2) is 0 Å². The summed E-state index contributed by atoms with van der Waals surface area (Å²) in [7, 11) is 0. The van der Waals surface area contributed by atoms with Crippen LogP contribution in [0.5, 0.6) is 0 Å². The van der Waals surface area contributed by atoms with Gasteiger partial charge in [0.25, 0.3) is 0 Å². The van der Waals surface area contributed by atoms with Gasteiger partial charge in [-0.1, -0.05) is 0 Å². The van der Waals surface area contributed by atoms with Crippen molar-refractivity contribution in [2.75, 3.05) is 17.7 Å². The fraction of sp³-hybridized carbons (Fsp3) is 0.214. The van der Waals surface area contributed by atoms with Crippen molar-refractivity contribution in [2.24, 2.45) is 0 Å². The number of carbonyl (C=O) groups excluding carboxylic acids is 1. The average Bonchev–Trinajstić information content (AvgIpc) is 2.47. The Morgan fingerprint density at radius 1 is 1.40 bits per heavy atom. The number of benzene rings is 1. The molecule has 6 heteroatoms. The maximum atomic E-state index is 11.7. The first-order valence-corrected chi connectivity index (χ1v) is 6.26. The van der Waals surface area contributed by atoms with Crippen LogP contribution in [0.1, 0.15) is 23.0 Å². The molecule has 0 radical (unpaired) electrons. The van der Waals surface area contributed by atoms with Gasteiger partial charge in [-0.25, -0.2) is 14.8 Å². The number of anilines is 2. The fourth-order valence-electron chi connectivity index (χ4n) is 1.67. The van der Waals surface area contributed by atoms with Gasteiger partial charge in [-0.15, -0.1) is 0 Å². The zero-order valence-electron chi connectivity index (χ0n) is 11.2. The predicted molar refractivity (Wildman–Crippen MR) is 76.2 cm³/mol. The van der Waals surface area contributed by atoms with Gasteiger partial charge < -0.3 is 15.8 Å². The van der Waals surface area contributed by atoms with E-state index in [4.69, 9.17) is 10.5 Å². The van der Waals surface area contributed by atoms with E-state index in [0.29, 0.717) is 24.4 Å². The van der Waals surface area contributed by atoms with E-state index in [1.54, 1.807) is 31.3 Å². The van der Waals surface area contributed by atoms with E-state index in [0.717, 1.165) is 11.4 Å². The highest BCUT2D eigenvalue weighted by Crippen LogP contribution is 2.19. The highest BCUT2D eigenvalue weighted by molar-refractivity contribution is 5.96. The minimum Gasteiger partial charge on any atom is -0.462 e. The number of nitrogens with zero attached hydrogens (tertiary/aromatic N) is 2. The van der Waals surface area contributed by atoms with Crippen molar-refractivity contribution in [2.45, 2.75) is 13.5 Å². The molecule has 0 bridgehead atoms. The smallest absolute Gasteiger partial charge is 0.340 e. The van der Waals surface area contributed by atoms with E-state index >= 15 is 0 Å². The van der Waals surface area contributed by atoms with Gasteiger partial charge in [0.2, 0.25) is 0 Å². The first-order valence-electron chi connectivity index (χ1n) is 6.26. The molecule has 0 fully saturated rings. The monoisotopic (exact) mass is 272 g/mol. The number of nitrogen functional groups attached to an aromatic ring is 1. The van der Waals surface area contributed by atoms with Gasteiger partial charge in [0.05, 0.1) is 24.4 Å². The molecule has 0 aliphatic heterocycles. The summed E-state index contributed by atoms with van der Waals surface area (Å²) in [6, 6.07) is 6.97. The van der Waals surface area contributed by atoms with E-state index in [2.05, 4.69) is 15.3 Å². The van der Waals surface area contributed by atoms with E-state index in [9.17, 15) is 4.79 Å². The maximum Gasteiger partial charge on any atom is 0.340 e. The molecular weight excluding hydrogens is 256 g/mol. The lowest BCUT2D eigenvalue weighted by Gasteiger charge is -2.10. The van der Waals surface area contributed by atoms with Crippen LogP contribution >= 0.6 is 0 Å². The Morgan fingerprint density at radius 3 is 2.95 bits per heavy atom. The summed E-state index contributed by atoms with van der Waals surface area (Å²) in [5.41, 5.74) is 8.17. The molecule has 1 heterocycles. The second-order valence-electron chi connectivity index (χ2n) is 4.08. The van der Waals surface area contributed by atoms with Crippen molar-refractivity contribution in [1.82, 2.24) is 9.97 Å². The summed E-state index contributed by atoms with van der Waals surface area (Å²) < 4.78 is 4.96. The molecule has 2 aromatic rings. The fourth-order valence-corrected chi connectivity index (χ4v) is 1.67. The molecule has 0 saturated carbocycles. The molecular formula is C14H16N4O2. The minimum atomic E-state index is -0.421. The van der Waals surface area contributed by atoms with Crippen molar-refractivity contribution in [1.29, 1.82) is 0 Å². The third kappa shape index (κ3) is 3.44. The van der Waals surface area contributed by atoms with Crippen LogP contribution in [-0.4, -0.2) is 22.5 Å². The predicted octanol–water partition coefficient (Wildman–Crippen LogP) is 1.85. The lowest BCUT2D eigenvalue weighted by atomic mass is 10.1. The number of hydrogen-bond donors (Lipinski definition) is 2. The second kappa shape index (κ2) is 6.51. The van der Waals surface area contributed by atoms with E-state index in [1.807, 2.05) is 6.07 Å². The Balaban J connectivity index is 2.09. The van der Waals surface area contributed by atoms with Crippen molar-refractivity contribution < 1.29 is 9.53 Å². The van der Waals surface area contributed by atoms with E-state index < -0.39 is 5.97 Å². The van der Waals surface area contributed by atoms with Gasteiger partial charge in [0, 0.05) is 17.6 Å². The Labute approximate surface area is 117 Å². The van der Waals surface area contributed by atoms with Crippen LogP contribution in [0.2, 0.25) is 0 Å². The van der Waals surface area contributed by atoms with Crippen LogP contribution in [0.3, 0.4) is 0 Å². The van der Waals surface area contributed by atoms with Crippen LogP contribution in [0.4, 0.5) is 11.4 Å². The van der Waals surface area contributed by atoms with Crippen molar-refractivity contribution in [3.8, 4) is 0 Å². The van der Waals surface area contributed by atoms with E-state index in [-0.39, 0.29) is 0 Å². The highest BCUT2D eigenvalue weighted by Gasteiger charge is 2.11. The zero-order valence-corrected chi connectivity index (χ0v) is 11.2. The molecule has 20 heavy (non-hydrogen) atoms. The van der Waals surface area contributed by atoms with Crippen molar-refractivity contribution in [3.63, 3.8) is 0 Å². The number of esters is 1. The zero-order chi connectivity index (χ0) is 14.4. The lowest BCUT2D eigenvalue weighted by molar-refractivity contribution is 0.0527. The number of aromatic nitrogens is 2. The minimum absolute atomic E-state index is 0.316. The van der Waals surface area contributed by atoms with E-state index in [1.165, 1.54) is 6.33 Å². The van der Waals surface area contributed by atoms with Gasteiger partial charge >= 0.3 is 5.97 Å². The number of nitrogens with two attached hydrogens (primary N) is 1. The lowest BCUT2D eigenvalue weighted by Crippen LogP contribution is -2.09. The number of carbonyl (C=O) groups is 1. The quantitative estimate of drug-likeness (QED) is 0.637. The Bertz CT molecular complexity index is 587. The van der Waals surface area contributed by atoms with Gasteiger partial charge in [-0.2, -0.15) is 0 Å². The largest absolute Gasteiger partial charge is 0.462 e. The summed E-state index contributed by atoms with van der Waals surface area (Å²) in [4.78, 5) is 19.7. The molecule has 3 N–H and O–H groups in total. The summed E-state index contributed by atoms with van der Waals surface area (Å²) in [5.74, 6) is -0.421. The number of ether oxygens (including phenoxy) is 1. The SMILES string of the molecule is CCOC(=O)c1cc(NCc2ccncn2)ccc1N. The summed E-state index contributed by atoms with van der Waals surface area (Å²) in [6.45, 7) is 2.61. The van der Waals surface area contributed by atoms with Crippen LogP contribution < -0.4 is 11.1 Å². The molecule has 0 amide bonds. The van der Waals surface area contributed by atoms with Crippen LogP contribution in [0.15, 0.2) is 36.8 Å². The van der Waals surface area contributed by atoms with Crippen LogP contribution in [0, 0.1) is 0 Å². The molecule has 6 nitrogen and oxygen atoms in total. The molecule has 104 valence electrons. The third-order valence-corrected chi connectivity index (χ3v) is 2.67. The topological polar surface area (TPSA) is 90.1 Å². The number of nitrogens with one attached hydrogen (secondary N) is 1. The Hall–Kier alpha value is -2.63. The summed E-state index contributed by atoms with van der Waals surface area (Å²) in [5, 5.41) is 3.17. The molecule has 0 unspecified atom stereocenters. The molecule has 0 spiro atoms. The third-order valence-electron chi connectivity index (χ3n) is 2.67. The normalized spacial score (nSPS) is 10.1. The number of rotatable bonds is 5. The molecule has 0 atom stereocenters.